The summed E-state index contributed by atoms with van der Waals surface area (Å²) < 4.78 is 6.17. The Morgan fingerprint density at radius 2 is 1.95 bits per heavy atom. The zero-order valence-electron chi connectivity index (χ0n) is 11.9. The number of nitrogens with two attached hydrogens (primary N) is 1. The van der Waals surface area contributed by atoms with Crippen molar-refractivity contribution in [1.29, 1.82) is 0 Å². The summed E-state index contributed by atoms with van der Waals surface area (Å²) in [5.41, 5.74) is 7.51. The fourth-order valence-corrected chi connectivity index (χ4v) is 2.18. The lowest BCUT2D eigenvalue weighted by molar-refractivity contribution is 0.0697. The highest BCUT2D eigenvalue weighted by molar-refractivity contribution is 9.10. The zero-order chi connectivity index (χ0) is 16.1. The van der Waals surface area contributed by atoms with Crippen LogP contribution in [0.3, 0.4) is 0 Å². The predicted molar refractivity (Wildman–Crippen MR) is 89.1 cm³/mol. The quantitative estimate of drug-likeness (QED) is 0.630. The van der Waals surface area contributed by atoms with Gasteiger partial charge in [0.15, 0.2) is 0 Å². The molecule has 0 saturated carbocycles. The summed E-state index contributed by atoms with van der Waals surface area (Å²) in [7, 11) is 1.50. The molecule has 0 aliphatic heterocycles. The Morgan fingerprint density at radius 1 is 1.27 bits per heavy atom. The van der Waals surface area contributed by atoms with Crippen LogP contribution in [0.15, 0.2) is 51.9 Å². The van der Waals surface area contributed by atoms with Crippen molar-refractivity contribution in [3.63, 3.8) is 0 Å². The maximum absolute atomic E-state index is 11.0. The summed E-state index contributed by atoms with van der Waals surface area (Å²) in [5, 5.41) is 9.04. The minimum absolute atomic E-state index is 0.135. The van der Waals surface area contributed by atoms with E-state index in [1.54, 1.807) is 6.07 Å². The molecule has 0 spiro atoms. The fourth-order valence-electron chi connectivity index (χ4n) is 1.92. The number of amidine groups is 1. The maximum Gasteiger partial charge on any atom is 0.335 e. The van der Waals surface area contributed by atoms with Gasteiger partial charge in [-0.1, -0.05) is 28.1 Å². The number of aromatic carboxylic acids is 1. The molecule has 0 unspecified atom stereocenters. The lowest BCUT2D eigenvalue weighted by Crippen LogP contribution is -2.14. The standard InChI is InChI=1S/C16H15BrN2O3/c1-22-14-7-4-11(16(20)21)9-13(14)19-15(18)8-10-2-5-12(17)6-3-10/h2-7,9H,8H2,1H3,(H2,18,19)(H,20,21). The van der Waals surface area contributed by atoms with Crippen LogP contribution in [0, 0.1) is 0 Å². The van der Waals surface area contributed by atoms with Crippen LogP contribution < -0.4 is 10.5 Å². The van der Waals surface area contributed by atoms with Crippen LogP contribution in [0.4, 0.5) is 5.69 Å². The topological polar surface area (TPSA) is 84.9 Å². The number of methoxy groups -OCH3 is 1. The third-order valence-electron chi connectivity index (χ3n) is 2.99. The minimum Gasteiger partial charge on any atom is -0.494 e. The number of benzene rings is 2. The molecule has 0 atom stereocenters. The molecule has 5 nitrogen and oxygen atoms in total. The normalized spacial score (nSPS) is 11.3. The summed E-state index contributed by atoms with van der Waals surface area (Å²) in [4.78, 5) is 15.3. The van der Waals surface area contributed by atoms with Crippen LogP contribution in [-0.4, -0.2) is 24.0 Å². The first-order valence-electron chi connectivity index (χ1n) is 6.48. The van der Waals surface area contributed by atoms with Crippen molar-refractivity contribution in [2.45, 2.75) is 6.42 Å². The van der Waals surface area contributed by atoms with Crippen LogP contribution in [0.5, 0.6) is 5.75 Å². The van der Waals surface area contributed by atoms with Gasteiger partial charge in [0, 0.05) is 10.9 Å². The number of ether oxygens (including phenoxy) is 1. The van der Waals surface area contributed by atoms with Crippen molar-refractivity contribution in [2.75, 3.05) is 7.11 Å². The molecule has 0 aromatic heterocycles. The van der Waals surface area contributed by atoms with E-state index in [1.807, 2.05) is 24.3 Å². The molecule has 22 heavy (non-hydrogen) atoms. The summed E-state index contributed by atoms with van der Waals surface area (Å²) in [5.74, 6) is -0.169. The molecule has 2 rings (SSSR count). The van der Waals surface area contributed by atoms with E-state index in [1.165, 1.54) is 19.2 Å². The second-order valence-electron chi connectivity index (χ2n) is 4.60. The Morgan fingerprint density at radius 3 is 2.55 bits per heavy atom. The first-order valence-corrected chi connectivity index (χ1v) is 7.27. The van der Waals surface area contributed by atoms with Crippen LogP contribution in [0.25, 0.3) is 0 Å². The van der Waals surface area contributed by atoms with Gasteiger partial charge in [0.1, 0.15) is 17.3 Å². The smallest absolute Gasteiger partial charge is 0.335 e. The highest BCUT2D eigenvalue weighted by atomic mass is 79.9. The average Bonchev–Trinajstić information content (AvgIpc) is 2.49. The Labute approximate surface area is 136 Å². The number of carboxylic acid groups (broad SMARTS) is 1. The summed E-state index contributed by atoms with van der Waals surface area (Å²) >= 11 is 3.37. The van der Waals surface area contributed by atoms with E-state index in [9.17, 15) is 4.79 Å². The van der Waals surface area contributed by atoms with Crippen molar-refractivity contribution in [1.82, 2.24) is 0 Å². The molecule has 0 saturated heterocycles. The summed E-state index contributed by atoms with van der Waals surface area (Å²) in [6.07, 6.45) is 0.466. The third kappa shape index (κ3) is 4.08. The highest BCUT2D eigenvalue weighted by Gasteiger charge is 2.09. The highest BCUT2D eigenvalue weighted by Crippen LogP contribution is 2.28. The third-order valence-corrected chi connectivity index (χ3v) is 3.52. The van der Waals surface area contributed by atoms with Crippen molar-refractivity contribution in [2.24, 2.45) is 10.7 Å². The molecule has 0 amide bonds. The predicted octanol–water partition coefficient (Wildman–Crippen LogP) is 3.39. The van der Waals surface area contributed by atoms with Gasteiger partial charge in [0.25, 0.3) is 0 Å². The van der Waals surface area contributed by atoms with E-state index >= 15 is 0 Å². The number of hydrogen-bond acceptors (Lipinski definition) is 3. The molecular formula is C16H15BrN2O3. The van der Waals surface area contributed by atoms with Crippen LogP contribution >= 0.6 is 15.9 Å². The number of hydrogen-bond donors (Lipinski definition) is 2. The zero-order valence-corrected chi connectivity index (χ0v) is 13.5. The lowest BCUT2D eigenvalue weighted by Gasteiger charge is -2.07. The van der Waals surface area contributed by atoms with Gasteiger partial charge in [-0.3, -0.25) is 0 Å². The van der Waals surface area contributed by atoms with E-state index in [0.717, 1.165) is 10.0 Å². The molecule has 114 valence electrons. The Balaban J connectivity index is 2.28. The summed E-state index contributed by atoms with van der Waals surface area (Å²) in [6.45, 7) is 0. The molecule has 0 radical (unpaired) electrons. The van der Waals surface area contributed by atoms with Gasteiger partial charge in [0.05, 0.1) is 12.7 Å². The van der Waals surface area contributed by atoms with Gasteiger partial charge in [-0.25, -0.2) is 9.79 Å². The van der Waals surface area contributed by atoms with E-state index in [-0.39, 0.29) is 5.56 Å². The van der Waals surface area contributed by atoms with Gasteiger partial charge in [-0.05, 0) is 35.9 Å². The van der Waals surface area contributed by atoms with Gasteiger partial charge in [0.2, 0.25) is 0 Å². The van der Waals surface area contributed by atoms with Gasteiger partial charge in [-0.15, -0.1) is 0 Å². The monoisotopic (exact) mass is 362 g/mol. The second-order valence-corrected chi connectivity index (χ2v) is 5.51. The van der Waals surface area contributed by atoms with E-state index < -0.39 is 5.97 Å². The minimum atomic E-state index is -1.02. The molecule has 0 fully saturated rings. The molecule has 0 bridgehead atoms. The molecule has 2 aromatic carbocycles. The molecular weight excluding hydrogens is 348 g/mol. The van der Waals surface area contributed by atoms with Crippen molar-refractivity contribution < 1.29 is 14.6 Å². The first-order chi connectivity index (χ1) is 10.5. The molecule has 2 aromatic rings. The van der Waals surface area contributed by atoms with Crippen molar-refractivity contribution >= 4 is 33.4 Å². The molecule has 0 aliphatic rings. The van der Waals surface area contributed by atoms with Crippen LogP contribution in [-0.2, 0) is 6.42 Å². The number of carbonyl (C=O) groups is 1. The van der Waals surface area contributed by atoms with E-state index in [2.05, 4.69) is 20.9 Å². The number of aliphatic imine (C=N–C) groups is 1. The van der Waals surface area contributed by atoms with Crippen LogP contribution in [0.2, 0.25) is 0 Å². The second kappa shape index (κ2) is 7.09. The van der Waals surface area contributed by atoms with E-state index in [4.69, 9.17) is 15.6 Å². The van der Waals surface area contributed by atoms with Gasteiger partial charge >= 0.3 is 5.97 Å². The van der Waals surface area contributed by atoms with E-state index in [0.29, 0.717) is 23.7 Å². The fraction of sp³-hybridized carbons (Fsp3) is 0.125. The molecule has 0 aliphatic carbocycles. The maximum atomic E-state index is 11.0. The Bertz CT molecular complexity index is 712. The van der Waals surface area contributed by atoms with Crippen LogP contribution in [0.1, 0.15) is 15.9 Å². The summed E-state index contributed by atoms with van der Waals surface area (Å²) in [6, 6.07) is 12.2. The average molecular weight is 363 g/mol. The molecule has 0 heterocycles. The largest absolute Gasteiger partial charge is 0.494 e. The molecule has 6 heteroatoms. The van der Waals surface area contributed by atoms with Gasteiger partial charge < -0.3 is 15.6 Å². The number of nitrogens with zero attached hydrogens (tertiary/aromatic N) is 1. The van der Waals surface area contributed by atoms with Gasteiger partial charge in [-0.2, -0.15) is 0 Å². The first kappa shape index (κ1) is 16.0. The van der Waals surface area contributed by atoms with Crippen molar-refractivity contribution in [3.8, 4) is 5.75 Å². The molecule has 3 N–H and O–H groups in total. The SMILES string of the molecule is COc1ccc(C(=O)O)cc1N=C(N)Cc1ccc(Br)cc1. The number of halogens is 1. The number of rotatable bonds is 5. The number of carboxylic acids is 1. The Kier molecular flexibility index (Phi) is 5.16. The Hall–Kier alpha value is -2.34. The lowest BCUT2D eigenvalue weighted by atomic mass is 10.1. The van der Waals surface area contributed by atoms with Crippen molar-refractivity contribution in [3.05, 3.63) is 58.1 Å².